The lowest BCUT2D eigenvalue weighted by Gasteiger charge is -2.27. The van der Waals surface area contributed by atoms with Crippen LogP contribution in [0.25, 0.3) is 0 Å². The summed E-state index contributed by atoms with van der Waals surface area (Å²) in [5.74, 6) is 1.58. The van der Waals surface area contributed by atoms with E-state index in [1.54, 1.807) is 0 Å². The fraction of sp³-hybridized carbons (Fsp3) is 0.545. The molecular weight excluding hydrogens is 394 g/mol. The summed E-state index contributed by atoms with van der Waals surface area (Å²) in [5, 5.41) is 9.52. The molecular formula is C22H31N7O2. The highest BCUT2D eigenvalue weighted by atomic mass is 16.5. The molecule has 1 unspecified atom stereocenters. The quantitative estimate of drug-likeness (QED) is 0.551. The van der Waals surface area contributed by atoms with Crippen molar-refractivity contribution in [3.8, 4) is 0 Å². The van der Waals surface area contributed by atoms with E-state index in [4.69, 9.17) is 4.74 Å². The number of carbonyl (C=O) groups excluding carboxylic acids is 1. The molecule has 0 aliphatic carbocycles. The Bertz CT molecular complexity index is 843. The van der Waals surface area contributed by atoms with Crippen LogP contribution in [-0.2, 0) is 16.0 Å². The second-order valence-corrected chi connectivity index (χ2v) is 7.88. The number of ether oxygens (including phenoxy) is 1. The molecule has 1 aromatic heterocycles. The van der Waals surface area contributed by atoms with Gasteiger partial charge in [-0.2, -0.15) is 15.0 Å². The molecule has 1 atom stereocenters. The van der Waals surface area contributed by atoms with E-state index in [2.05, 4.69) is 60.1 Å². The fourth-order valence-corrected chi connectivity index (χ4v) is 3.78. The number of hydrogen-bond acceptors (Lipinski definition) is 8. The smallest absolute Gasteiger partial charge is 0.242 e. The first kappa shape index (κ1) is 21.3. The number of anilines is 3. The summed E-state index contributed by atoms with van der Waals surface area (Å²) >= 11 is 0. The summed E-state index contributed by atoms with van der Waals surface area (Å²) in [6.07, 6.45) is 4.71. The molecule has 3 N–H and O–H groups in total. The van der Waals surface area contributed by atoms with E-state index in [0.29, 0.717) is 31.1 Å². The van der Waals surface area contributed by atoms with Crippen molar-refractivity contribution >= 4 is 23.8 Å². The number of aryl methyl sites for hydroxylation is 1. The standard InChI is InChI=1S/C22H31N7O2/c30-19-18(10-4-5-11-23-19)25-21-26-20(24-12-6-9-17-7-2-1-3-8-17)27-22(28-21)29-13-15-31-16-14-29/h1-3,7-8,18H,4-6,9-16H2,(H,23,30)(H2,24,25,26,27,28). The lowest BCUT2D eigenvalue weighted by molar-refractivity contribution is -0.121. The number of morpholine rings is 1. The Labute approximate surface area is 183 Å². The van der Waals surface area contributed by atoms with Crippen LogP contribution in [-0.4, -0.2) is 66.3 Å². The van der Waals surface area contributed by atoms with Crippen LogP contribution >= 0.6 is 0 Å². The first-order valence-corrected chi connectivity index (χ1v) is 11.2. The van der Waals surface area contributed by atoms with Gasteiger partial charge in [-0.25, -0.2) is 0 Å². The number of benzene rings is 1. The van der Waals surface area contributed by atoms with Crippen LogP contribution < -0.4 is 20.9 Å². The number of nitrogens with one attached hydrogen (secondary N) is 3. The molecule has 9 nitrogen and oxygen atoms in total. The van der Waals surface area contributed by atoms with Gasteiger partial charge in [0.15, 0.2) is 0 Å². The van der Waals surface area contributed by atoms with Crippen LogP contribution in [0.5, 0.6) is 0 Å². The molecule has 0 spiro atoms. The fourth-order valence-electron chi connectivity index (χ4n) is 3.78. The van der Waals surface area contributed by atoms with E-state index in [1.165, 1.54) is 5.56 Å². The van der Waals surface area contributed by atoms with Gasteiger partial charge in [0.25, 0.3) is 0 Å². The molecule has 166 valence electrons. The summed E-state index contributed by atoms with van der Waals surface area (Å²) in [7, 11) is 0. The Morgan fingerprint density at radius 2 is 1.87 bits per heavy atom. The second kappa shape index (κ2) is 10.9. The predicted octanol–water partition coefficient (Wildman–Crippen LogP) is 1.83. The molecule has 9 heteroatoms. The lowest BCUT2D eigenvalue weighted by atomic mass is 10.1. The zero-order valence-corrected chi connectivity index (χ0v) is 17.8. The number of carbonyl (C=O) groups is 1. The monoisotopic (exact) mass is 425 g/mol. The molecule has 2 aliphatic heterocycles. The van der Waals surface area contributed by atoms with Gasteiger partial charge in [-0.1, -0.05) is 30.3 Å². The van der Waals surface area contributed by atoms with E-state index in [-0.39, 0.29) is 11.9 Å². The van der Waals surface area contributed by atoms with Crippen molar-refractivity contribution in [3.05, 3.63) is 35.9 Å². The number of aromatic nitrogens is 3. The largest absolute Gasteiger partial charge is 0.378 e. The number of hydrogen-bond donors (Lipinski definition) is 3. The summed E-state index contributed by atoms with van der Waals surface area (Å²) in [6, 6.07) is 10.1. The van der Waals surface area contributed by atoms with Gasteiger partial charge in [0.2, 0.25) is 23.8 Å². The molecule has 4 rings (SSSR count). The highest BCUT2D eigenvalue weighted by Gasteiger charge is 2.23. The van der Waals surface area contributed by atoms with Gasteiger partial charge in [-0.15, -0.1) is 0 Å². The van der Waals surface area contributed by atoms with Crippen LogP contribution in [0.4, 0.5) is 17.8 Å². The highest BCUT2D eigenvalue weighted by molar-refractivity contribution is 5.84. The molecule has 3 heterocycles. The zero-order valence-electron chi connectivity index (χ0n) is 17.8. The average molecular weight is 426 g/mol. The van der Waals surface area contributed by atoms with Crippen molar-refractivity contribution in [2.45, 2.75) is 38.1 Å². The summed E-state index contributed by atoms with van der Waals surface area (Å²) < 4.78 is 5.46. The van der Waals surface area contributed by atoms with Gasteiger partial charge in [0.05, 0.1) is 13.2 Å². The van der Waals surface area contributed by atoms with Crippen molar-refractivity contribution < 1.29 is 9.53 Å². The van der Waals surface area contributed by atoms with Crippen LogP contribution in [0.2, 0.25) is 0 Å². The van der Waals surface area contributed by atoms with Gasteiger partial charge >= 0.3 is 0 Å². The SMILES string of the molecule is O=C1NCCCCC1Nc1nc(NCCCc2ccccc2)nc(N2CCOCC2)n1. The molecule has 0 radical (unpaired) electrons. The molecule has 0 saturated carbocycles. The minimum atomic E-state index is -0.326. The average Bonchev–Trinajstić information content (AvgIpc) is 3.02. The van der Waals surface area contributed by atoms with E-state index < -0.39 is 0 Å². The molecule has 2 aliphatic rings. The predicted molar refractivity (Wildman–Crippen MR) is 120 cm³/mol. The zero-order chi connectivity index (χ0) is 21.3. The van der Waals surface area contributed by atoms with Crippen molar-refractivity contribution in [2.75, 3.05) is 54.9 Å². The summed E-state index contributed by atoms with van der Waals surface area (Å²) in [6.45, 7) is 4.26. The van der Waals surface area contributed by atoms with Crippen molar-refractivity contribution in [1.29, 1.82) is 0 Å². The maximum absolute atomic E-state index is 12.3. The van der Waals surface area contributed by atoms with Gasteiger partial charge in [0, 0.05) is 26.2 Å². The minimum absolute atomic E-state index is 0.00297. The maximum atomic E-state index is 12.3. The Hall–Kier alpha value is -2.94. The van der Waals surface area contributed by atoms with Crippen LogP contribution in [0.3, 0.4) is 0 Å². The summed E-state index contributed by atoms with van der Waals surface area (Å²) in [4.78, 5) is 28.2. The molecule has 0 bridgehead atoms. The first-order chi connectivity index (χ1) is 15.3. The number of rotatable bonds is 8. The second-order valence-electron chi connectivity index (χ2n) is 7.88. The molecule has 2 aromatic rings. The normalized spacial score (nSPS) is 19.4. The molecule has 31 heavy (non-hydrogen) atoms. The van der Waals surface area contributed by atoms with Gasteiger partial charge in [0.1, 0.15) is 6.04 Å². The maximum Gasteiger partial charge on any atom is 0.242 e. The van der Waals surface area contributed by atoms with E-state index in [9.17, 15) is 4.79 Å². The number of amides is 1. The van der Waals surface area contributed by atoms with Crippen molar-refractivity contribution in [1.82, 2.24) is 20.3 Å². The van der Waals surface area contributed by atoms with Crippen LogP contribution in [0, 0.1) is 0 Å². The molecule has 2 saturated heterocycles. The molecule has 2 fully saturated rings. The van der Waals surface area contributed by atoms with Crippen LogP contribution in [0.1, 0.15) is 31.2 Å². The Balaban J connectivity index is 1.43. The highest BCUT2D eigenvalue weighted by Crippen LogP contribution is 2.17. The van der Waals surface area contributed by atoms with E-state index in [0.717, 1.165) is 58.3 Å². The molecule has 1 aromatic carbocycles. The number of nitrogens with zero attached hydrogens (tertiary/aromatic N) is 4. The Kier molecular flexibility index (Phi) is 7.49. The van der Waals surface area contributed by atoms with Gasteiger partial charge < -0.3 is 25.6 Å². The minimum Gasteiger partial charge on any atom is -0.378 e. The van der Waals surface area contributed by atoms with Crippen molar-refractivity contribution in [3.63, 3.8) is 0 Å². The van der Waals surface area contributed by atoms with Gasteiger partial charge in [-0.05, 0) is 37.7 Å². The van der Waals surface area contributed by atoms with Gasteiger partial charge in [-0.3, -0.25) is 4.79 Å². The lowest BCUT2D eigenvalue weighted by Crippen LogP contribution is -2.39. The van der Waals surface area contributed by atoms with E-state index in [1.807, 2.05) is 6.07 Å². The first-order valence-electron chi connectivity index (χ1n) is 11.2. The van der Waals surface area contributed by atoms with Crippen LogP contribution in [0.15, 0.2) is 30.3 Å². The topological polar surface area (TPSA) is 104 Å². The Morgan fingerprint density at radius 1 is 1.06 bits per heavy atom. The van der Waals surface area contributed by atoms with Crippen molar-refractivity contribution in [2.24, 2.45) is 0 Å². The summed E-state index contributed by atoms with van der Waals surface area (Å²) in [5.41, 5.74) is 1.32. The van der Waals surface area contributed by atoms with E-state index >= 15 is 0 Å². The third-order valence-electron chi connectivity index (χ3n) is 5.52. The Morgan fingerprint density at radius 3 is 2.71 bits per heavy atom. The third-order valence-corrected chi connectivity index (χ3v) is 5.52. The molecule has 1 amide bonds. The third kappa shape index (κ3) is 6.27.